The van der Waals surface area contributed by atoms with Gasteiger partial charge in [0.15, 0.2) is 0 Å². The van der Waals surface area contributed by atoms with Crippen LogP contribution in [0.4, 0.5) is 4.39 Å². The van der Waals surface area contributed by atoms with E-state index in [4.69, 9.17) is 11.6 Å². The zero-order valence-electron chi connectivity index (χ0n) is 12.3. The molecule has 1 aromatic rings. The fourth-order valence-electron chi connectivity index (χ4n) is 3.29. The normalized spacial score (nSPS) is 24.9. The number of rotatable bonds is 4. The van der Waals surface area contributed by atoms with Crippen LogP contribution in [0, 0.1) is 23.6 Å². The van der Waals surface area contributed by atoms with Crippen LogP contribution in [-0.4, -0.2) is 11.2 Å². The van der Waals surface area contributed by atoms with E-state index in [1.807, 2.05) is 0 Å². The highest BCUT2D eigenvalue weighted by atomic mass is 35.5. The Kier molecular flexibility index (Phi) is 5.45. The van der Waals surface area contributed by atoms with E-state index in [0.717, 1.165) is 24.7 Å². The van der Waals surface area contributed by atoms with Gasteiger partial charge in [-0.25, -0.2) is 4.39 Å². The predicted molar refractivity (Wildman–Crippen MR) is 81.4 cm³/mol. The van der Waals surface area contributed by atoms with Gasteiger partial charge in [-0.05, 0) is 67.2 Å². The van der Waals surface area contributed by atoms with Gasteiger partial charge in [-0.1, -0.05) is 25.4 Å². The molecule has 1 aliphatic rings. The molecule has 0 heterocycles. The van der Waals surface area contributed by atoms with E-state index in [9.17, 15) is 9.50 Å². The van der Waals surface area contributed by atoms with Crippen molar-refractivity contribution < 1.29 is 9.50 Å². The van der Waals surface area contributed by atoms with Crippen molar-refractivity contribution in [1.29, 1.82) is 0 Å². The molecule has 0 aromatic heterocycles. The Balaban J connectivity index is 1.92. The van der Waals surface area contributed by atoms with Crippen LogP contribution in [0.15, 0.2) is 18.2 Å². The molecule has 1 nitrogen and oxygen atoms in total. The summed E-state index contributed by atoms with van der Waals surface area (Å²) >= 11 is 6.07. The third-order valence-electron chi connectivity index (χ3n) is 4.74. The molecule has 1 aliphatic carbocycles. The number of benzene rings is 1. The molecule has 1 atom stereocenters. The van der Waals surface area contributed by atoms with Gasteiger partial charge in [0.1, 0.15) is 5.82 Å². The zero-order chi connectivity index (χ0) is 14.7. The SMILES string of the molecule is CC(C)C1CCC(C(O)Cc2cc(F)ccc2Cl)CC1. The molecule has 20 heavy (non-hydrogen) atoms. The van der Waals surface area contributed by atoms with Gasteiger partial charge in [-0.2, -0.15) is 0 Å². The second-order valence-electron chi connectivity index (χ2n) is 6.43. The van der Waals surface area contributed by atoms with Gasteiger partial charge in [-0.15, -0.1) is 0 Å². The van der Waals surface area contributed by atoms with Crippen molar-refractivity contribution in [2.24, 2.45) is 17.8 Å². The highest BCUT2D eigenvalue weighted by Gasteiger charge is 2.28. The lowest BCUT2D eigenvalue weighted by atomic mass is 9.74. The first-order valence-electron chi connectivity index (χ1n) is 7.59. The van der Waals surface area contributed by atoms with Gasteiger partial charge < -0.3 is 5.11 Å². The van der Waals surface area contributed by atoms with Crippen LogP contribution in [0.3, 0.4) is 0 Å². The smallest absolute Gasteiger partial charge is 0.123 e. The molecule has 0 spiro atoms. The van der Waals surface area contributed by atoms with Crippen LogP contribution in [0.5, 0.6) is 0 Å². The molecule has 1 saturated carbocycles. The largest absolute Gasteiger partial charge is 0.392 e. The quantitative estimate of drug-likeness (QED) is 0.843. The maximum Gasteiger partial charge on any atom is 0.123 e. The molecule has 1 N–H and O–H groups in total. The first kappa shape index (κ1) is 15.8. The molecule has 0 bridgehead atoms. The number of hydrogen-bond acceptors (Lipinski definition) is 1. The van der Waals surface area contributed by atoms with Crippen LogP contribution >= 0.6 is 11.6 Å². The van der Waals surface area contributed by atoms with E-state index < -0.39 is 6.10 Å². The Hall–Kier alpha value is -0.600. The standard InChI is InChI=1S/C17H24ClFO/c1-11(2)12-3-5-13(6-4-12)17(20)10-14-9-15(19)7-8-16(14)18/h7-9,11-13,17,20H,3-6,10H2,1-2H3. The summed E-state index contributed by atoms with van der Waals surface area (Å²) in [7, 11) is 0. The Morgan fingerprint density at radius 2 is 1.80 bits per heavy atom. The summed E-state index contributed by atoms with van der Waals surface area (Å²) in [6.07, 6.45) is 4.55. The van der Waals surface area contributed by atoms with Crippen LogP contribution in [0.25, 0.3) is 0 Å². The molecule has 3 heteroatoms. The number of aliphatic hydroxyl groups excluding tert-OH is 1. The topological polar surface area (TPSA) is 20.2 Å². The second-order valence-corrected chi connectivity index (χ2v) is 6.83. The van der Waals surface area contributed by atoms with Gasteiger partial charge >= 0.3 is 0 Å². The molecule has 1 fully saturated rings. The lowest BCUT2D eigenvalue weighted by Gasteiger charge is -2.33. The van der Waals surface area contributed by atoms with Gasteiger partial charge in [0, 0.05) is 11.4 Å². The van der Waals surface area contributed by atoms with Crippen LogP contribution < -0.4 is 0 Å². The number of hydrogen-bond donors (Lipinski definition) is 1. The van der Waals surface area contributed by atoms with Gasteiger partial charge in [-0.3, -0.25) is 0 Å². The Bertz CT molecular complexity index is 439. The summed E-state index contributed by atoms with van der Waals surface area (Å²) in [6.45, 7) is 4.54. The lowest BCUT2D eigenvalue weighted by molar-refractivity contribution is 0.0675. The monoisotopic (exact) mass is 298 g/mol. The zero-order valence-corrected chi connectivity index (χ0v) is 13.0. The Morgan fingerprint density at radius 3 is 2.40 bits per heavy atom. The average molecular weight is 299 g/mol. The van der Waals surface area contributed by atoms with Crippen LogP contribution in [0.1, 0.15) is 45.1 Å². The van der Waals surface area contributed by atoms with Gasteiger partial charge in [0.05, 0.1) is 6.10 Å². The average Bonchev–Trinajstić information content (AvgIpc) is 2.43. The molecule has 2 rings (SSSR count). The minimum atomic E-state index is -0.414. The summed E-state index contributed by atoms with van der Waals surface area (Å²) in [4.78, 5) is 0. The summed E-state index contributed by atoms with van der Waals surface area (Å²) in [5, 5.41) is 10.9. The molecule has 0 radical (unpaired) electrons. The molecule has 0 saturated heterocycles. The van der Waals surface area contributed by atoms with Crippen molar-refractivity contribution in [3.05, 3.63) is 34.6 Å². The van der Waals surface area contributed by atoms with E-state index in [2.05, 4.69) is 13.8 Å². The third-order valence-corrected chi connectivity index (χ3v) is 5.11. The van der Waals surface area contributed by atoms with Crippen molar-refractivity contribution in [2.45, 2.75) is 52.1 Å². The molecule has 112 valence electrons. The summed E-state index contributed by atoms with van der Waals surface area (Å²) in [5.74, 6) is 1.55. The fourth-order valence-corrected chi connectivity index (χ4v) is 3.48. The molecular formula is C17H24ClFO. The minimum absolute atomic E-state index is 0.292. The predicted octanol–water partition coefficient (Wildman–Crippen LogP) is 4.84. The van der Waals surface area contributed by atoms with Crippen molar-refractivity contribution >= 4 is 11.6 Å². The summed E-state index contributed by atoms with van der Waals surface area (Å²) < 4.78 is 13.2. The first-order chi connectivity index (χ1) is 9.47. The second kappa shape index (κ2) is 6.91. The Labute approximate surface area is 126 Å². The maximum atomic E-state index is 13.2. The van der Waals surface area contributed by atoms with Crippen molar-refractivity contribution in [3.8, 4) is 0 Å². The maximum absolute atomic E-state index is 13.2. The van der Waals surface area contributed by atoms with Gasteiger partial charge in [0.25, 0.3) is 0 Å². The van der Waals surface area contributed by atoms with E-state index in [1.54, 1.807) is 6.07 Å². The first-order valence-corrected chi connectivity index (χ1v) is 7.97. The van der Waals surface area contributed by atoms with E-state index in [1.165, 1.54) is 25.0 Å². The number of halogens is 2. The van der Waals surface area contributed by atoms with Crippen molar-refractivity contribution in [2.75, 3.05) is 0 Å². The van der Waals surface area contributed by atoms with Gasteiger partial charge in [0.2, 0.25) is 0 Å². The molecule has 1 aromatic carbocycles. The van der Waals surface area contributed by atoms with E-state index in [-0.39, 0.29) is 5.82 Å². The minimum Gasteiger partial charge on any atom is -0.392 e. The molecule has 0 aliphatic heterocycles. The molecule has 1 unspecified atom stereocenters. The summed E-state index contributed by atoms with van der Waals surface area (Å²) in [6, 6.07) is 4.35. The van der Waals surface area contributed by atoms with E-state index >= 15 is 0 Å². The highest BCUT2D eigenvalue weighted by Crippen LogP contribution is 2.35. The molecule has 0 amide bonds. The van der Waals surface area contributed by atoms with Crippen molar-refractivity contribution in [3.63, 3.8) is 0 Å². The van der Waals surface area contributed by atoms with Crippen LogP contribution in [0.2, 0.25) is 5.02 Å². The van der Waals surface area contributed by atoms with Crippen molar-refractivity contribution in [1.82, 2.24) is 0 Å². The van der Waals surface area contributed by atoms with Crippen LogP contribution in [-0.2, 0) is 6.42 Å². The highest BCUT2D eigenvalue weighted by molar-refractivity contribution is 6.31. The lowest BCUT2D eigenvalue weighted by Crippen LogP contribution is -2.29. The number of aliphatic hydroxyl groups is 1. The Morgan fingerprint density at radius 1 is 1.20 bits per heavy atom. The third kappa shape index (κ3) is 3.95. The molecular weight excluding hydrogens is 275 g/mol. The van der Waals surface area contributed by atoms with E-state index in [0.29, 0.717) is 22.9 Å². The summed E-state index contributed by atoms with van der Waals surface area (Å²) in [5.41, 5.74) is 0.713. The fraction of sp³-hybridized carbons (Fsp3) is 0.647.